The first-order valence-corrected chi connectivity index (χ1v) is 13.5. The van der Waals surface area contributed by atoms with Crippen LogP contribution < -0.4 is 15.4 Å². The molecule has 0 unspecified atom stereocenters. The molecule has 0 aliphatic heterocycles. The molecule has 4 rings (SSSR count). The largest absolute Gasteiger partial charge is 0.501 e. The normalized spacial score (nSPS) is 16.8. The highest BCUT2D eigenvalue weighted by Gasteiger charge is 2.47. The van der Waals surface area contributed by atoms with Crippen LogP contribution in [0.4, 0.5) is 23.2 Å². The van der Waals surface area contributed by atoms with Gasteiger partial charge in [-0.15, -0.1) is 0 Å². The van der Waals surface area contributed by atoms with Gasteiger partial charge in [-0.05, 0) is 54.8 Å². The van der Waals surface area contributed by atoms with Crippen molar-refractivity contribution in [2.45, 2.75) is 29.3 Å². The molecule has 1 saturated carbocycles. The van der Waals surface area contributed by atoms with Crippen LogP contribution in [0.5, 0.6) is 5.75 Å². The Morgan fingerprint density at radius 3 is 2.32 bits per heavy atom. The van der Waals surface area contributed by atoms with Crippen LogP contribution in [-0.2, 0) is 14.6 Å². The maximum atomic E-state index is 14.9. The second-order valence-electron chi connectivity index (χ2n) is 9.15. The molecule has 1 fully saturated rings. The molecule has 1 aliphatic rings. The molecular formula is C27H22F4N2O7S. The fourth-order valence-corrected chi connectivity index (χ4v) is 5.09. The third-order valence-electron chi connectivity index (χ3n) is 6.60. The monoisotopic (exact) mass is 594 g/mol. The number of halogens is 4. The topological polar surface area (TPSA) is 139 Å². The number of anilines is 1. The van der Waals surface area contributed by atoms with E-state index in [4.69, 9.17) is 4.74 Å². The van der Waals surface area contributed by atoms with Gasteiger partial charge in [0.25, 0.3) is 15.7 Å². The van der Waals surface area contributed by atoms with Crippen molar-refractivity contribution in [3.8, 4) is 16.9 Å². The summed E-state index contributed by atoms with van der Waals surface area (Å²) in [6, 6.07) is 10.7. The molecule has 9 nitrogen and oxygen atoms in total. The number of carbonyl (C=O) groups excluding carboxylic acids is 2. The molecule has 0 radical (unpaired) electrons. The van der Waals surface area contributed by atoms with Crippen LogP contribution in [0.25, 0.3) is 11.1 Å². The molecule has 3 aromatic carbocycles. The van der Waals surface area contributed by atoms with Gasteiger partial charge in [-0.1, -0.05) is 18.2 Å². The van der Waals surface area contributed by atoms with E-state index in [1.165, 1.54) is 43.5 Å². The van der Waals surface area contributed by atoms with Crippen LogP contribution in [0.3, 0.4) is 0 Å². The van der Waals surface area contributed by atoms with E-state index in [9.17, 15) is 45.5 Å². The maximum absolute atomic E-state index is 14.9. The Bertz CT molecular complexity index is 1640. The van der Waals surface area contributed by atoms with Crippen molar-refractivity contribution in [3.05, 3.63) is 77.6 Å². The van der Waals surface area contributed by atoms with Gasteiger partial charge in [0.2, 0.25) is 5.91 Å². The Morgan fingerprint density at radius 2 is 1.71 bits per heavy atom. The molecule has 2 amide bonds. The van der Waals surface area contributed by atoms with E-state index in [0.717, 1.165) is 18.2 Å². The molecule has 3 N–H and O–H groups in total. The van der Waals surface area contributed by atoms with Crippen molar-refractivity contribution >= 4 is 33.3 Å². The van der Waals surface area contributed by atoms with Crippen LogP contribution in [-0.4, -0.2) is 50.0 Å². The van der Waals surface area contributed by atoms with Crippen molar-refractivity contribution in [1.82, 2.24) is 5.32 Å². The summed E-state index contributed by atoms with van der Waals surface area (Å²) in [4.78, 5) is 36.3. The third kappa shape index (κ3) is 6.01. The van der Waals surface area contributed by atoms with Gasteiger partial charge >= 0.3 is 11.5 Å². The Kier molecular flexibility index (Phi) is 8.06. The van der Waals surface area contributed by atoms with E-state index in [1.54, 1.807) is 0 Å². The number of nitrogens with one attached hydrogen (secondary N) is 2. The Balaban J connectivity index is 1.52. The van der Waals surface area contributed by atoms with E-state index in [1.807, 2.05) is 0 Å². The van der Waals surface area contributed by atoms with Gasteiger partial charge in [0.1, 0.15) is 11.6 Å². The van der Waals surface area contributed by atoms with Crippen molar-refractivity contribution < 1.29 is 50.2 Å². The van der Waals surface area contributed by atoms with Crippen molar-refractivity contribution in [3.63, 3.8) is 0 Å². The molecule has 0 aromatic heterocycles. The summed E-state index contributed by atoms with van der Waals surface area (Å²) >= 11 is 0. The van der Waals surface area contributed by atoms with Gasteiger partial charge in [-0.3, -0.25) is 9.59 Å². The second kappa shape index (κ2) is 11.2. The summed E-state index contributed by atoms with van der Waals surface area (Å²) in [6.07, 6.45) is 0.703. The molecular weight excluding hydrogens is 572 g/mol. The van der Waals surface area contributed by atoms with E-state index in [-0.39, 0.29) is 33.7 Å². The maximum Gasteiger partial charge on any atom is 0.501 e. The fraction of sp³-hybridized carbons (Fsp3) is 0.222. The van der Waals surface area contributed by atoms with Crippen molar-refractivity contribution in [2.75, 3.05) is 12.4 Å². The number of rotatable bonds is 8. The highest BCUT2D eigenvalue weighted by Crippen LogP contribution is 2.34. The first-order chi connectivity index (χ1) is 19.2. The zero-order valence-electron chi connectivity index (χ0n) is 21.2. The predicted molar refractivity (Wildman–Crippen MR) is 138 cm³/mol. The summed E-state index contributed by atoms with van der Waals surface area (Å²) in [5.41, 5.74) is -5.72. The predicted octanol–water partition coefficient (Wildman–Crippen LogP) is 4.64. The zero-order valence-corrected chi connectivity index (χ0v) is 22.0. The molecule has 2 atom stereocenters. The lowest BCUT2D eigenvalue weighted by molar-refractivity contribution is -0.123. The number of ether oxygens (including phenoxy) is 1. The molecule has 216 valence electrons. The molecule has 14 heteroatoms. The minimum absolute atomic E-state index is 0.0596. The smallest absolute Gasteiger partial charge is 0.496 e. The standard InChI is InChI=1S/C27H22F4N2O7S/c1-40-23-13-21(28)19(14-4-2-5-15(10-14)26(36)37)12-20(23)25(35)33-22-9-8-18(22)24(34)32-16-6-3-7-17(11-16)41(38,39)27(29,30)31/h2-7,10-13,18,22H,8-9H2,1H3,(H,32,34)(H,33,35)(H,36,37)/t18-,22+/m1/s1. The van der Waals surface area contributed by atoms with Crippen LogP contribution in [0.1, 0.15) is 33.6 Å². The lowest BCUT2D eigenvalue weighted by atomic mass is 9.78. The summed E-state index contributed by atoms with van der Waals surface area (Å²) in [7, 11) is -4.39. The Hall–Kier alpha value is -4.46. The summed E-state index contributed by atoms with van der Waals surface area (Å²) in [5.74, 6) is -4.25. The Morgan fingerprint density at radius 1 is 1.00 bits per heavy atom. The van der Waals surface area contributed by atoms with Gasteiger partial charge in [0, 0.05) is 23.4 Å². The SMILES string of the molecule is COc1cc(F)c(-c2cccc(C(=O)O)c2)cc1C(=O)N[C@H]1CC[C@H]1C(=O)Nc1cccc(S(=O)(=O)C(F)(F)F)c1. The molecule has 1 aliphatic carbocycles. The number of carboxylic acid groups (broad SMARTS) is 1. The lowest BCUT2D eigenvalue weighted by Gasteiger charge is -2.36. The lowest BCUT2D eigenvalue weighted by Crippen LogP contribution is -2.51. The first kappa shape index (κ1) is 29.5. The minimum atomic E-state index is -5.62. The van der Waals surface area contributed by atoms with Crippen molar-refractivity contribution in [2.24, 2.45) is 5.92 Å². The quantitative estimate of drug-likeness (QED) is 0.323. The number of hydrogen-bond donors (Lipinski definition) is 3. The average Bonchev–Trinajstić information content (AvgIpc) is 2.90. The van der Waals surface area contributed by atoms with Gasteiger partial charge in [0.05, 0.1) is 29.1 Å². The summed E-state index contributed by atoms with van der Waals surface area (Å²) < 4.78 is 82.1. The van der Waals surface area contributed by atoms with Gasteiger partial charge < -0.3 is 20.5 Å². The Labute approximate surface area is 231 Å². The molecule has 0 saturated heterocycles. The van der Waals surface area contributed by atoms with E-state index >= 15 is 0 Å². The number of amides is 2. The van der Waals surface area contributed by atoms with Crippen LogP contribution >= 0.6 is 0 Å². The zero-order chi connectivity index (χ0) is 30.1. The molecule has 0 spiro atoms. The van der Waals surface area contributed by atoms with Crippen LogP contribution in [0, 0.1) is 11.7 Å². The summed E-state index contributed by atoms with van der Waals surface area (Å²) in [6.45, 7) is 0. The molecule has 3 aromatic rings. The van der Waals surface area contributed by atoms with Gasteiger partial charge in [0.15, 0.2) is 0 Å². The molecule has 0 heterocycles. The number of methoxy groups -OCH3 is 1. The van der Waals surface area contributed by atoms with E-state index in [0.29, 0.717) is 18.9 Å². The fourth-order valence-electron chi connectivity index (χ4n) is 4.28. The second-order valence-corrected chi connectivity index (χ2v) is 11.1. The number of alkyl halides is 3. The average molecular weight is 595 g/mol. The van der Waals surface area contributed by atoms with Crippen LogP contribution in [0.15, 0.2) is 65.6 Å². The molecule has 0 bridgehead atoms. The third-order valence-corrected chi connectivity index (χ3v) is 8.08. The minimum Gasteiger partial charge on any atom is -0.496 e. The number of hydrogen-bond acceptors (Lipinski definition) is 6. The van der Waals surface area contributed by atoms with Crippen LogP contribution in [0.2, 0.25) is 0 Å². The molecule has 41 heavy (non-hydrogen) atoms. The van der Waals surface area contributed by atoms with E-state index < -0.39 is 55.8 Å². The number of carboxylic acids is 1. The number of carbonyl (C=O) groups is 3. The summed E-state index contributed by atoms with van der Waals surface area (Å²) in [5, 5.41) is 14.3. The highest BCUT2D eigenvalue weighted by molar-refractivity contribution is 7.92. The van der Waals surface area contributed by atoms with Crippen molar-refractivity contribution in [1.29, 1.82) is 0 Å². The van der Waals surface area contributed by atoms with E-state index in [2.05, 4.69) is 10.6 Å². The highest BCUT2D eigenvalue weighted by atomic mass is 32.2. The van der Waals surface area contributed by atoms with Gasteiger partial charge in [-0.25, -0.2) is 17.6 Å². The van der Waals surface area contributed by atoms with Gasteiger partial charge in [-0.2, -0.15) is 13.2 Å². The first-order valence-electron chi connectivity index (χ1n) is 12.0. The number of benzene rings is 3. The number of aromatic carboxylic acids is 1. The number of sulfone groups is 1.